The second-order valence-electron chi connectivity index (χ2n) is 5.93. The minimum Gasteiger partial charge on any atom is -0.492 e. The summed E-state index contributed by atoms with van der Waals surface area (Å²) < 4.78 is 10.9. The zero-order chi connectivity index (χ0) is 19.2. The van der Waals surface area contributed by atoms with Crippen LogP contribution in [0.5, 0.6) is 11.5 Å². The highest BCUT2D eigenvalue weighted by molar-refractivity contribution is 6.30. The van der Waals surface area contributed by atoms with E-state index in [1.54, 1.807) is 42.5 Å². The molecule has 1 heterocycles. The molecular formula is C19H16ClN3O4. The van der Waals surface area contributed by atoms with Crippen molar-refractivity contribution in [2.24, 2.45) is 5.92 Å². The molecule has 1 aliphatic rings. The van der Waals surface area contributed by atoms with E-state index >= 15 is 0 Å². The Morgan fingerprint density at radius 2 is 2.00 bits per heavy atom. The fourth-order valence-electron chi connectivity index (χ4n) is 2.58. The van der Waals surface area contributed by atoms with Gasteiger partial charge in [0.05, 0.1) is 17.6 Å². The molecule has 0 aliphatic carbocycles. The van der Waals surface area contributed by atoms with E-state index in [0.29, 0.717) is 28.5 Å². The van der Waals surface area contributed by atoms with E-state index in [9.17, 15) is 9.59 Å². The van der Waals surface area contributed by atoms with Gasteiger partial charge in [0.2, 0.25) is 5.91 Å². The quantitative estimate of drug-likeness (QED) is 0.784. The highest BCUT2D eigenvalue weighted by Crippen LogP contribution is 2.29. The number of rotatable bonds is 4. The van der Waals surface area contributed by atoms with Gasteiger partial charge in [0.1, 0.15) is 18.1 Å². The summed E-state index contributed by atoms with van der Waals surface area (Å²) in [4.78, 5) is 24.0. The first-order chi connectivity index (χ1) is 13.0. The maximum Gasteiger partial charge on any atom is 0.276 e. The van der Waals surface area contributed by atoms with Crippen LogP contribution in [0.25, 0.3) is 0 Å². The molecule has 0 saturated heterocycles. The lowest BCUT2D eigenvalue weighted by Crippen LogP contribution is -2.48. The topological polar surface area (TPSA) is 100 Å². The molecule has 0 saturated carbocycles. The van der Waals surface area contributed by atoms with Crippen molar-refractivity contribution < 1.29 is 19.1 Å². The number of hydrazine groups is 1. The van der Waals surface area contributed by atoms with Crippen LogP contribution in [0.3, 0.4) is 0 Å². The summed E-state index contributed by atoms with van der Waals surface area (Å²) >= 11 is 5.97. The minimum atomic E-state index is -0.507. The predicted octanol–water partition coefficient (Wildman–Crippen LogP) is 1.99. The van der Waals surface area contributed by atoms with Crippen molar-refractivity contribution in [3.63, 3.8) is 0 Å². The van der Waals surface area contributed by atoms with Crippen LogP contribution >= 0.6 is 11.6 Å². The zero-order valence-corrected chi connectivity index (χ0v) is 15.0. The van der Waals surface area contributed by atoms with Crippen LogP contribution in [0.4, 0.5) is 0 Å². The maximum atomic E-state index is 12.2. The molecule has 0 spiro atoms. The van der Waals surface area contributed by atoms with Gasteiger partial charge < -0.3 is 9.47 Å². The number of nitrogens with one attached hydrogen (secondary N) is 2. The molecule has 27 heavy (non-hydrogen) atoms. The van der Waals surface area contributed by atoms with Gasteiger partial charge in [-0.05, 0) is 54.4 Å². The first-order valence-corrected chi connectivity index (χ1v) is 8.56. The van der Waals surface area contributed by atoms with Gasteiger partial charge in [-0.2, -0.15) is 5.26 Å². The van der Waals surface area contributed by atoms with E-state index in [1.807, 2.05) is 6.07 Å². The molecule has 1 aliphatic heterocycles. The van der Waals surface area contributed by atoms with Gasteiger partial charge in [-0.15, -0.1) is 0 Å². The van der Waals surface area contributed by atoms with Gasteiger partial charge in [0.15, 0.2) is 6.61 Å². The monoisotopic (exact) mass is 385 g/mol. The standard InChI is InChI=1S/C19H16ClN3O4/c20-15-3-6-17-13(8-15)7-14(10-27-17)19(25)23-22-18(24)11-26-16-4-1-12(9-21)2-5-16/h1-6,8,14H,7,10-11H2,(H,22,24)(H,23,25)/t14-/m1/s1. The molecule has 0 aromatic heterocycles. The molecule has 2 aromatic rings. The Bertz CT molecular complexity index is 893. The van der Waals surface area contributed by atoms with Crippen molar-refractivity contribution in [3.05, 3.63) is 58.6 Å². The fourth-order valence-corrected chi connectivity index (χ4v) is 2.77. The second-order valence-corrected chi connectivity index (χ2v) is 6.36. The van der Waals surface area contributed by atoms with Gasteiger partial charge in [0.25, 0.3) is 5.91 Å². The average molecular weight is 386 g/mol. The third-order valence-electron chi connectivity index (χ3n) is 3.98. The van der Waals surface area contributed by atoms with Gasteiger partial charge in [-0.3, -0.25) is 20.4 Å². The summed E-state index contributed by atoms with van der Waals surface area (Å²) in [6.07, 6.45) is 0.472. The summed E-state index contributed by atoms with van der Waals surface area (Å²) in [6.45, 7) is -0.0517. The lowest BCUT2D eigenvalue weighted by molar-refractivity contribution is -0.132. The van der Waals surface area contributed by atoms with E-state index in [2.05, 4.69) is 10.9 Å². The Balaban J connectivity index is 1.44. The largest absolute Gasteiger partial charge is 0.492 e. The number of nitrogens with zero attached hydrogens (tertiary/aromatic N) is 1. The van der Waals surface area contributed by atoms with E-state index in [4.69, 9.17) is 26.3 Å². The number of carbonyl (C=O) groups excluding carboxylic acids is 2. The van der Waals surface area contributed by atoms with Crippen molar-refractivity contribution in [2.75, 3.05) is 13.2 Å². The number of halogens is 1. The number of benzene rings is 2. The minimum absolute atomic E-state index is 0.220. The fraction of sp³-hybridized carbons (Fsp3) is 0.211. The Kier molecular flexibility index (Phi) is 5.79. The highest BCUT2D eigenvalue weighted by Gasteiger charge is 2.26. The number of carbonyl (C=O) groups is 2. The van der Waals surface area contributed by atoms with Crippen molar-refractivity contribution in [1.82, 2.24) is 10.9 Å². The van der Waals surface area contributed by atoms with Gasteiger partial charge >= 0.3 is 0 Å². The molecule has 138 valence electrons. The summed E-state index contributed by atoms with van der Waals surface area (Å²) in [6, 6.07) is 13.6. The average Bonchev–Trinajstić information content (AvgIpc) is 2.70. The lowest BCUT2D eigenvalue weighted by atomic mass is 9.96. The van der Waals surface area contributed by atoms with E-state index < -0.39 is 11.8 Å². The molecule has 2 N–H and O–H groups in total. The van der Waals surface area contributed by atoms with Crippen LogP contribution in [0.15, 0.2) is 42.5 Å². The second kappa shape index (κ2) is 8.43. The maximum absolute atomic E-state index is 12.2. The number of nitriles is 1. The molecule has 0 radical (unpaired) electrons. The van der Waals surface area contributed by atoms with Crippen LogP contribution in [0.2, 0.25) is 5.02 Å². The van der Waals surface area contributed by atoms with Crippen molar-refractivity contribution >= 4 is 23.4 Å². The third kappa shape index (κ3) is 4.90. The molecular weight excluding hydrogens is 370 g/mol. The van der Waals surface area contributed by atoms with Crippen molar-refractivity contribution in [2.45, 2.75) is 6.42 Å². The van der Waals surface area contributed by atoms with E-state index in [-0.39, 0.29) is 19.1 Å². The van der Waals surface area contributed by atoms with Gasteiger partial charge in [-0.25, -0.2) is 0 Å². The Labute approximate surface area is 160 Å². The number of ether oxygens (including phenoxy) is 2. The Hall–Kier alpha value is -3.24. The summed E-state index contributed by atoms with van der Waals surface area (Å²) in [5.74, 6) is -0.135. The molecule has 0 bridgehead atoms. The third-order valence-corrected chi connectivity index (χ3v) is 4.21. The number of amides is 2. The first-order valence-electron chi connectivity index (χ1n) is 8.18. The Morgan fingerprint density at radius 1 is 1.22 bits per heavy atom. The van der Waals surface area contributed by atoms with Crippen LogP contribution in [0.1, 0.15) is 11.1 Å². The van der Waals surface area contributed by atoms with Crippen LogP contribution in [-0.4, -0.2) is 25.0 Å². The van der Waals surface area contributed by atoms with Gasteiger partial charge in [0, 0.05) is 5.02 Å². The number of hydrogen-bond acceptors (Lipinski definition) is 5. The molecule has 2 aromatic carbocycles. The molecule has 2 amide bonds. The van der Waals surface area contributed by atoms with E-state index in [0.717, 1.165) is 5.56 Å². The molecule has 0 unspecified atom stereocenters. The molecule has 1 atom stereocenters. The SMILES string of the molecule is N#Cc1ccc(OCC(=O)NNC(=O)[C@H]2COc3ccc(Cl)cc3C2)cc1. The molecule has 8 heteroatoms. The molecule has 7 nitrogen and oxygen atoms in total. The number of fused-ring (bicyclic) bond motifs is 1. The van der Waals surface area contributed by atoms with E-state index in [1.165, 1.54) is 0 Å². The highest BCUT2D eigenvalue weighted by atomic mass is 35.5. The molecule has 0 fully saturated rings. The van der Waals surface area contributed by atoms with Crippen molar-refractivity contribution in [1.29, 1.82) is 5.26 Å². The number of hydrogen-bond donors (Lipinski definition) is 2. The van der Waals surface area contributed by atoms with Gasteiger partial charge in [-0.1, -0.05) is 11.6 Å². The van der Waals surface area contributed by atoms with Crippen LogP contribution in [-0.2, 0) is 16.0 Å². The summed E-state index contributed by atoms with van der Waals surface area (Å²) in [5.41, 5.74) is 6.04. The predicted molar refractivity (Wildman–Crippen MR) is 97.1 cm³/mol. The smallest absolute Gasteiger partial charge is 0.276 e. The van der Waals surface area contributed by atoms with Crippen LogP contribution < -0.4 is 20.3 Å². The Morgan fingerprint density at radius 3 is 2.74 bits per heavy atom. The van der Waals surface area contributed by atoms with Crippen molar-refractivity contribution in [3.8, 4) is 17.6 Å². The summed E-state index contributed by atoms with van der Waals surface area (Å²) in [5, 5.41) is 9.31. The molecule has 3 rings (SSSR count). The normalized spacial score (nSPS) is 14.9. The first kappa shape index (κ1) is 18.5. The van der Waals surface area contributed by atoms with Crippen LogP contribution in [0, 0.1) is 17.2 Å². The summed E-state index contributed by atoms with van der Waals surface area (Å²) in [7, 11) is 0. The lowest BCUT2D eigenvalue weighted by Gasteiger charge is -2.24. The zero-order valence-electron chi connectivity index (χ0n) is 14.2.